The van der Waals surface area contributed by atoms with E-state index in [1.165, 1.54) is 11.8 Å². The Morgan fingerprint density at radius 2 is 2.07 bits per heavy atom. The van der Waals surface area contributed by atoms with Crippen LogP contribution in [0.3, 0.4) is 0 Å². The summed E-state index contributed by atoms with van der Waals surface area (Å²) in [6.07, 6.45) is 0. The maximum atomic E-state index is 12.5. The number of benzene rings is 1. The van der Waals surface area contributed by atoms with Crippen molar-refractivity contribution in [2.45, 2.75) is 31.4 Å². The molecule has 2 aromatic heterocycles. The van der Waals surface area contributed by atoms with Crippen molar-refractivity contribution in [3.05, 3.63) is 52.7 Å². The second-order valence-electron chi connectivity index (χ2n) is 6.36. The van der Waals surface area contributed by atoms with Crippen LogP contribution in [0.5, 0.6) is 11.5 Å². The number of ether oxygens (including phenoxy) is 2. The number of hydrogen-bond donors (Lipinski definition) is 1. The van der Waals surface area contributed by atoms with Crippen molar-refractivity contribution in [2.75, 3.05) is 14.2 Å². The third-order valence-corrected chi connectivity index (χ3v) is 6.39. The maximum absolute atomic E-state index is 12.5. The van der Waals surface area contributed by atoms with Gasteiger partial charge in [0.2, 0.25) is 11.8 Å². The summed E-state index contributed by atoms with van der Waals surface area (Å²) in [7, 11) is 3.19. The summed E-state index contributed by atoms with van der Waals surface area (Å²) in [4.78, 5) is 18.0. The molecule has 6 nitrogen and oxygen atoms in total. The second-order valence-corrected chi connectivity index (χ2v) is 8.64. The summed E-state index contributed by atoms with van der Waals surface area (Å²) in [6.45, 7) is 4.22. The van der Waals surface area contributed by atoms with Crippen LogP contribution in [0.25, 0.3) is 10.8 Å². The molecule has 0 fully saturated rings. The molecular formula is C21H24N2O4S2. The predicted molar refractivity (Wildman–Crippen MR) is 117 cm³/mol. The van der Waals surface area contributed by atoms with Crippen LogP contribution < -0.4 is 14.8 Å². The number of thiophene rings is 1. The normalized spacial score (nSPS) is 11.9. The predicted octanol–water partition coefficient (Wildman–Crippen LogP) is 4.67. The first-order valence-corrected chi connectivity index (χ1v) is 11.0. The van der Waals surface area contributed by atoms with Crippen LogP contribution >= 0.6 is 23.1 Å². The van der Waals surface area contributed by atoms with Crippen LogP contribution in [0.2, 0.25) is 0 Å². The number of oxazole rings is 1. The molecule has 29 heavy (non-hydrogen) atoms. The van der Waals surface area contributed by atoms with E-state index < -0.39 is 0 Å². The zero-order valence-electron chi connectivity index (χ0n) is 16.9. The number of nitrogens with one attached hydrogen (secondary N) is 1. The van der Waals surface area contributed by atoms with E-state index in [2.05, 4.69) is 10.3 Å². The molecule has 0 aliphatic heterocycles. The highest BCUT2D eigenvalue weighted by Gasteiger charge is 2.17. The van der Waals surface area contributed by atoms with E-state index in [1.807, 2.05) is 49.6 Å². The summed E-state index contributed by atoms with van der Waals surface area (Å²) in [5.74, 6) is 3.33. The smallest absolute Gasteiger partial charge is 0.236 e. The van der Waals surface area contributed by atoms with Crippen molar-refractivity contribution < 1.29 is 18.7 Å². The third kappa shape index (κ3) is 5.33. The van der Waals surface area contributed by atoms with Crippen molar-refractivity contribution in [3.63, 3.8) is 0 Å². The Hall–Kier alpha value is -2.45. The molecule has 0 aliphatic rings. The van der Waals surface area contributed by atoms with E-state index in [9.17, 15) is 4.79 Å². The van der Waals surface area contributed by atoms with Crippen molar-refractivity contribution in [1.29, 1.82) is 0 Å². The fraction of sp³-hybridized carbons (Fsp3) is 0.333. The fourth-order valence-electron chi connectivity index (χ4n) is 2.67. The van der Waals surface area contributed by atoms with Gasteiger partial charge in [-0.1, -0.05) is 12.1 Å². The monoisotopic (exact) mass is 432 g/mol. The summed E-state index contributed by atoms with van der Waals surface area (Å²) in [5.41, 5.74) is 1.82. The molecule has 154 valence electrons. The number of amides is 1. The number of thioether (sulfide) groups is 1. The van der Waals surface area contributed by atoms with Gasteiger partial charge >= 0.3 is 0 Å². The van der Waals surface area contributed by atoms with Crippen LogP contribution in [0.1, 0.15) is 23.9 Å². The molecule has 2 heterocycles. The van der Waals surface area contributed by atoms with Gasteiger partial charge in [-0.3, -0.25) is 4.79 Å². The molecule has 0 bridgehead atoms. The molecule has 3 aromatic rings. The van der Waals surface area contributed by atoms with Gasteiger partial charge in [-0.15, -0.1) is 23.1 Å². The Morgan fingerprint density at radius 1 is 1.28 bits per heavy atom. The Balaban J connectivity index is 1.52. The van der Waals surface area contributed by atoms with E-state index >= 15 is 0 Å². The van der Waals surface area contributed by atoms with Gasteiger partial charge in [-0.05, 0) is 43.0 Å². The SMILES string of the molecule is COc1ccc(CNC(=O)C(C)SCc2nc(-c3cccs3)oc2C)cc1OC. The van der Waals surface area contributed by atoms with Crippen molar-refractivity contribution in [2.24, 2.45) is 0 Å². The Kier molecular flexibility index (Phi) is 7.22. The molecule has 1 unspecified atom stereocenters. The lowest BCUT2D eigenvalue weighted by atomic mass is 10.2. The fourth-order valence-corrected chi connectivity index (χ4v) is 4.23. The van der Waals surface area contributed by atoms with Crippen LogP contribution in [0, 0.1) is 6.92 Å². The summed E-state index contributed by atoms with van der Waals surface area (Å²) in [5, 5.41) is 4.75. The Morgan fingerprint density at radius 3 is 2.76 bits per heavy atom. The number of aryl methyl sites for hydroxylation is 1. The summed E-state index contributed by atoms with van der Waals surface area (Å²) in [6, 6.07) is 9.55. The molecule has 1 atom stereocenters. The number of aromatic nitrogens is 1. The van der Waals surface area contributed by atoms with E-state index in [-0.39, 0.29) is 11.2 Å². The first kappa shape index (κ1) is 21.3. The largest absolute Gasteiger partial charge is 0.493 e. The van der Waals surface area contributed by atoms with Gasteiger partial charge in [0.15, 0.2) is 11.5 Å². The highest BCUT2D eigenvalue weighted by Crippen LogP contribution is 2.29. The quantitative estimate of drug-likeness (QED) is 0.530. The lowest BCUT2D eigenvalue weighted by Crippen LogP contribution is -2.30. The van der Waals surface area contributed by atoms with E-state index in [4.69, 9.17) is 13.9 Å². The molecule has 1 aromatic carbocycles. The number of carbonyl (C=O) groups is 1. The van der Waals surface area contributed by atoms with E-state index in [0.29, 0.717) is 29.7 Å². The van der Waals surface area contributed by atoms with Gasteiger partial charge in [0.25, 0.3) is 0 Å². The molecule has 0 saturated carbocycles. The molecular weight excluding hydrogens is 408 g/mol. The van der Waals surface area contributed by atoms with Crippen molar-refractivity contribution >= 4 is 29.0 Å². The number of hydrogen-bond acceptors (Lipinski definition) is 7. The topological polar surface area (TPSA) is 73.6 Å². The average Bonchev–Trinajstić information content (AvgIpc) is 3.39. The van der Waals surface area contributed by atoms with Crippen LogP contribution in [-0.2, 0) is 17.1 Å². The van der Waals surface area contributed by atoms with Crippen molar-refractivity contribution in [1.82, 2.24) is 10.3 Å². The lowest BCUT2D eigenvalue weighted by molar-refractivity contribution is -0.120. The maximum Gasteiger partial charge on any atom is 0.236 e. The minimum absolute atomic E-state index is 0.0237. The third-order valence-electron chi connectivity index (χ3n) is 4.38. The molecule has 1 amide bonds. The number of rotatable bonds is 9. The number of methoxy groups -OCH3 is 2. The summed E-state index contributed by atoms with van der Waals surface area (Å²) < 4.78 is 16.3. The van der Waals surface area contributed by atoms with Gasteiger partial charge in [-0.25, -0.2) is 4.98 Å². The van der Waals surface area contributed by atoms with Gasteiger partial charge < -0.3 is 19.2 Å². The van der Waals surface area contributed by atoms with Crippen LogP contribution in [0.15, 0.2) is 40.1 Å². The zero-order chi connectivity index (χ0) is 20.8. The zero-order valence-corrected chi connectivity index (χ0v) is 18.5. The molecule has 0 aliphatic carbocycles. The molecule has 0 saturated heterocycles. The number of nitrogens with zero attached hydrogens (tertiary/aromatic N) is 1. The summed E-state index contributed by atoms with van der Waals surface area (Å²) >= 11 is 3.13. The van der Waals surface area contributed by atoms with Crippen LogP contribution in [-0.4, -0.2) is 30.4 Å². The van der Waals surface area contributed by atoms with Crippen LogP contribution in [0.4, 0.5) is 0 Å². The van der Waals surface area contributed by atoms with Gasteiger partial charge in [0.05, 0.1) is 30.0 Å². The molecule has 8 heteroatoms. The highest BCUT2D eigenvalue weighted by molar-refractivity contribution is 7.99. The molecule has 0 radical (unpaired) electrons. The second kappa shape index (κ2) is 9.84. The Bertz CT molecular complexity index is 954. The molecule has 0 spiro atoms. The van der Waals surface area contributed by atoms with E-state index in [0.717, 1.165) is 21.9 Å². The van der Waals surface area contributed by atoms with Crippen molar-refractivity contribution in [3.8, 4) is 22.3 Å². The highest BCUT2D eigenvalue weighted by atomic mass is 32.2. The molecule has 1 N–H and O–H groups in total. The van der Waals surface area contributed by atoms with Gasteiger partial charge in [0, 0.05) is 12.3 Å². The average molecular weight is 433 g/mol. The van der Waals surface area contributed by atoms with Gasteiger partial charge in [0.1, 0.15) is 5.76 Å². The Labute approximate surface area is 178 Å². The lowest BCUT2D eigenvalue weighted by Gasteiger charge is -2.13. The minimum atomic E-state index is -0.212. The molecule has 3 rings (SSSR count). The first-order chi connectivity index (χ1) is 14.0. The first-order valence-electron chi connectivity index (χ1n) is 9.12. The van der Waals surface area contributed by atoms with Gasteiger partial charge in [-0.2, -0.15) is 0 Å². The standard InChI is InChI=1S/C21H24N2O4S2/c1-13-16(23-21(27-13)19-6-5-9-28-19)12-29-14(2)20(24)22-11-15-7-8-17(25-3)18(10-15)26-4/h5-10,14H,11-12H2,1-4H3,(H,22,24). The number of carbonyl (C=O) groups excluding carboxylic acids is 1. The van der Waals surface area contributed by atoms with E-state index in [1.54, 1.807) is 25.6 Å². The minimum Gasteiger partial charge on any atom is -0.493 e.